The smallest absolute Gasteiger partial charge is 0.230 e. The van der Waals surface area contributed by atoms with Gasteiger partial charge in [0.25, 0.3) is 0 Å². The molecule has 2 N–H and O–H groups in total. The van der Waals surface area contributed by atoms with E-state index in [1.54, 1.807) is 38.3 Å². The van der Waals surface area contributed by atoms with E-state index in [1.807, 2.05) is 50.2 Å². The molecule has 0 unspecified atom stereocenters. The second-order valence-corrected chi connectivity index (χ2v) is 10.8. The molecule has 3 aromatic carbocycles. The zero-order valence-electron chi connectivity index (χ0n) is 22.7. The first kappa shape index (κ1) is 26.6. The van der Waals surface area contributed by atoms with Crippen molar-refractivity contribution in [3.05, 3.63) is 88.1 Å². The van der Waals surface area contributed by atoms with E-state index in [-0.39, 0.29) is 23.9 Å². The highest BCUT2D eigenvalue weighted by atomic mass is 19.1. The minimum absolute atomic E-state index is 0.00911. The van der Waals surface area contributed by atoms with Gasteiger partial charge in [0.15, 0.2) is 0 Å². The molecule has 39 heavy (non-hydrogen) atoms. The Hall–Kier alpha value is -4.04. The number of ether oxygens (including phenoxy) is 1. The standard InChI is InChI=1S/C31H32F2N4O2/c1-18-12-21(39-5)8-11-27(18)34-30(38)31(2)16-24(31)20-7-9-22-28(35-36-29(22)15-20)10-6-19-13-25(32)23(17-37(3)4)26(33)14-19/h6-15,24H,16-17H2,1-5H3,(H,34,38)(H,35,36)/b10-6+/t24-,31+/m0/s1. The number of fused-ring (bicyclic) bond motifs is 1. The number of nitrogens with one attached hydrogen (secondary N) is 2. The number of carbonyl (C=O) groups is 1. The van der Waals surface area contributed by atoms with Gasteiger partial charge in [-0.1, -0.05) is 25.1 Å². The number of anilines is 1. The Kier molecular flexibility index (Phi) is 6.99. The summed E-state index contributed by atoms with van der Waals surface area (Å²) >= 11 is 0. The van der Waals surface area contributed by atoms with Crippen LogP contribution in [-0.2, 0) is 11.3 Å². The molecule has 5 rings (SSSR count). The van der Waals surface area contributed by atoms with Gasteiger partial charge < -0.3 is 15.0 Å². The van der Waals surface area contributed by atoms with Gasteiger partial charge in [-0.15, -0.1) is 0 Å². The number of aromatic amines is 1. The molecule has 0 spiro atoms. The fourth-order valence-electron chi connectivity index (χ4n) is 5.03. The Morgan fingerprint density at radius 2 is 1.90 bits per heavy atom. The predicted octanol–water partition coefficient (Wildman–Crippen LogP) is 6.52. The van der Waals surface area contributed by atoms with Crippen LogP contribution in [0, 0.1) is 24.0 Å². The second-order valence-electron chi connectivity index (χ2n) is 10.8. The first-order chi connectivity index (χ1) is 18.6. The molecule has 1 amide bonds. The molecule has 1 saturated carbocycles. The van der Waals surface area contributed by atoms with Crippen molar-refractivity contribution in [2.45, 2.75) is 32.7 Å². The van der Waals surface area contributed by atoms with E-state index in [0.29, 0.717) is 11.3 Å². The Bertz CT molecular complexity index is 1570. The van der Waals surface area contributed by atoms with Crippen LogP contribution in [0.15, 0.2) is 48.5 Å². The minimum Gasteiger partial charge on any atom is -0.497 e. The molecule has 1 heterocycles. The van der Waals surface area contributed by atoms with Crippen molar-refractivity contribution in [1.29, 1.82) is 0 Å². The van der Waals surface area contributed by atoms with Crippen molar-refractivity contribution < 1.29 is 18.3 Å². The highest BCUT2D eigenvalue weighted by Gasteiger charge is 2.56. The minimum atomic E-state index is -0.571. The number of hydrogen-bond donors (Lipinski definition) is 2. The molecule has 1 fully saturated rings. The van der Waals surface area contributed by atoms with Gasteiger partial charge in [0.05, 0.1) is 23.7 Å². The summed E-state index contributed by atoms with van der Waals surface area (Å²) in [4.78, 5) is 14.9. The Balaban J connectivity index is 1.30. The lowest BCUT2D eigenvalue weighted by atomic mass is 9.98. The number of H-pyrrole nitrogens is 1. The molecule has 0 radical (unpaired) electrons. The van der Waals surface area contributed by atoms with Gasteiger partial charge in [0.1, 0.15) is 17.4 Å². The van der Waals surface area contributed by atoms with Crippen molar-refractivity contribution in [3.63, 3.8) is 0 Å². The average Bonchev–Trinajstić information content (AvgIpc) is 3.44. The summed E-state index contributed by atoms with van der Waals surface area (Å²) in [5.41, 5.74) is 4.26. The number of aromatic nitrogens is 2. The molecular weight excluding hydrogens is 498 g/mol. The number of halogens is 2. The lowest BCUT2D eigenvalue weighted by molar-refractivity contribution is -0.120. The van der Waals surface area contributed by atoms with Gasteiger partial charge in [-0.25, -0.2) is 8.78 Å². The molecule has 1 aliphatic rings. The molecule has 0 aliphatic heterocycles. The summed E-state index contributed by atoms with van der Waals surface area (Å²) in [6.07, 6.45) is 4.14. The van der Waals surface area contributed by atoms with Crippen LogP contribution in [0.2, 0.25) is 0 Å². The second kappa shape index (κ2) is 10.3. The van der Waals surface area contributed by atoms with Crippen molar-refractivity contribution in [1.82, 2.24) is 15.1 Å². The number of aryl methyl sites for hydroxylation is 1. The third kappa shape index (κ3) is 5.29. The van der Waals surface area contributed by atoms with Gasteiger partial charge in [-0.05, 0) is 92.5 Å². The molecule has 2 atom stereocenters. The Morgan fingerprint density at radius 1 is 1.15 bits per heavy atom. The van der Waals surface area contributed by atoms with Crippen LogP contribution in [0.1, 0.15) is 47.2 Å². The molecular formula is C31H32F2N4O2. The number of amides is 1. The van der Waals surface area contributed by atoms with E-state index < -0.39 is 17.0 Å². The largest absolute Gasteiger partial charge is 0.497 e. The molecule has 0 bridgehead atoms. The number of methoxy groups -OCH3 is 1. The summed E-state index contributed by atoms with van der Waals surface area (Å²) in [6.45, 7) is 4.12. The maximum absolute atomic E-state index is 14.5. The van der Waals surface area contributed by atoms with Crippen molar-refractivity contribution in [2.75, 3.05) is 26.5 Å². The van der Waals surface area contributed by atoms with Crippen molar-refractivity contribution >= 4 is 34.6 Å². The maximum atomic E-state index is 14.5. The van der Waals surface area contributed by atoms with Crippen molar-refractivity contribution in [3.8, 4) is 5.75 Å². The van der Waals surface area contributed by atoms with Crippen LogP contribution in [0.4, 0.5) is 14.5 Å². The van der Waals surface area contributed by atoms with E-state index in [4.69, 9.17) is 4.74 Å². The van der Waals surface area contributed by atoms with E-state index in [0.717, 1.165) is 39.9 Å². The van der Waals surface area contributed by atoms with Gasteiger partial charge in [-0.3, -0.25) is 9.89 Å². The highest BCUT2D eigenvalue weighted by Crippen LogP contribution is 2.59. The average molecular weight is 531 g/mol. The van der Waals surface area contributed by atoms with Crippen LogP contribution in [0.25, 0.3) is 23.1 Å². The molecule has 8 heteroatoms. The molecule has 1 aliphatic carbocycles. The fraction of sp³-hybridized carbons (Fsp3) is 0.290. The number of benzene rings is 3. The zero-order chi connectivity index (χ0) is 27.9. The number of rotatable bonds is 8. The summed E-state index contributed by atoms with van der Waals surface area (Å²) in [6, 6.07) is 14.3. The summed E-state index contributed by atoms with van der Waals surface area (Å²) in [7, 11) is 5.15. The van der Waals surface area contributed by atoms with E-state index in [9.17, 15) is 13.6 Å². The molecule has 4 aromatic rings. The van der Waals surface area contributed by atoms with E-state index >= 15 is 0 Å². The summed E-state index contributed by atoms with van der Waals surface area (Å²) in [5, 5.41) is 11.4. The van der Waals surface area contributed by atoms with Crippen molar-refractivity contribution in [2.24, 2.45) is 5.41 Å². The van der Waals surface area contributed by atoms with Gasteiger partial charge in [-0.2, -0.15) is 5.10 Å². The predicted molar refractivity (Wildman–Crippen MR) is 151 cm³/mol. The number of nitrogens with zero attached hydrogens (tertiary/aromatic N) is 2. The molecule has 6 nitrogen and oxygen atoms in total. The number of hydrogen-bond acceptors (Lipinski definition) is 4. The summed E-state index contributed by atoms with van der Waals surface area (Å²) in [5.74, 6) is -0.308. The maximum Gasteiger partial charge on any atom is 0.230 e. The van der Waals surface area contributed by atoms with E-state index in [1.165, 1.54) is 12.1 Å². The lowest BCUT2D eigenvalue weighted by Crippen LogP contribution is -2.23. The van der Waals surface area contributed by atoms with Gasteiger partial charge >= 0.3 is 0 Å². The van der Waals surface area contributed by atoms with E-state index in [2.05, 4.69) is 15.5 Å². The lowest BCUT2D eigenvalue weighted by Gasteiger charge is -2.15. The van der Waals surface area contributed by atoms with Crippen LogP contribution < -0.4 is 10.1 Å². The molecule has 202 valence electrons. The third-order valence-electron chi connectivity index (χ3n) is 7.53. The topological polar surface area (TPSA) is 70.2 Å². The van der Waals surface area contributed by atoms with Crippen LogP contribution in [0.5, 0.6) is 5.75 Å². The molecule has 1 aromatic heterocycles. The molecule has 0 saturated heterocycles. The highest BCUT2D eigenvalue weighted by molar-refractivity contribution is 5.99. The summed E-state index contributed by atoms with van der Waals surface area (Å²) < 4.78 is 34.2. The van der Waals surface area contributed by atoms with Crippen LogP contribution in [0.3, 0.4) is 0 Å². The fourth-order valence-corrected chi connectivity index (χ4v) is 5.03. The SMILES string of the molecule is COc1ccc(NC(=O)[C@]2(C)C[C@H]2c2ccc3c(/C=C/c4cc(F)c(CN(C)C)c(F)c4)n[nH]c3c2)c(C)c1. The zero-order valence-corrected chi connectivity index (χ0v) is 22.7. The van der Waals surface area contributed by atoms with Gasteiger partial charge in [0, 0.05) is 23.2 Å². The van der Waals surface area contributed by atoms with Crippen LogP contribution >= 0.6 is 0 Å². The first-order valence-corrected chi connectivity index (χ1v) is 12.8. The normalized spacial score (nSPS) is 18.7. The quantitative estimate of drug-likeness (QED) is 0.272. The third-order valence-corrected chi connectivity index (χ3v) is 7.53. The van der Waals surface area contributed by atoms with Crippen LogP contribution in [-0.4, -0.2) is 42.2 Å². The monoisotopic (exact) mass is 530 g/mol. The Labute approximate surface area is 226 Å². The van der Waals surface area contributed by atoms with Gasteiger partial charge in [0.2, 0.25) is 5.91 Å². The number of carbonyl (C=O) groups excluding carboxylic acids is 1. The first-order valence-electron chi connectivity index (χ1n) is 12.8. The Morgan fingerprint density at radius 3 is 2.56 bits per heavy atom.